The number of benzene rings is 2. The maximum absolute atomic E-state index is 13.7. The van der Waals surface area contributed by atoms with Crippen molar-refractivity contribution in [1.29, 1.82) is 0 Å². The minimum Gasteiger partial charge on any atom is -0.217 e. The highest BCUT2D eigenvalue weighted by atomic mass is 79.9. The van der Waals surface area contributed by atoms with Crippen LogP contribution in [-0.4, -0.2) is 14.8 Å². The highest BCUT2D eigenvalue weighted by molar-refractivity contribution is 9.10. The van der Waals surface area contributed by atoms with Gasteiger partial charge in [0.15, 0.2) is 5.82 Å². The summed E-state index contributed by atoms with van der Waals surface area (Å²) >= 11 is 3.47. The maximum atomic E-state index is 13.7. The number of halogens is 5. The van der Waals surface area contributed by atoms with Crippen molar-refractivity contribution in [2.75, 3.05) is 0 Å². The van der Waals surface area contributed by atoms with Gasteiger partial charge in [-0.15, -0.1) is 0 Å². The van der Waals surface area contributed by atoms with Crippen LogP contribution in [0.15, 0.2) is 40.9 Å². The van der Waals surface area contributed by atoms with E-state index in [2.05, 4.69) is 26.0 Å². The lowest BCUT2D eigenvalue weighted by atomic mass is 10.1. The van der Waals surface area contributed by atoms with Crippen LogP contribution in [0, 0.1) is 12.7 Å². The van der Waals surface area contributed by atoms with Gasteiger partial charge in [-0.25, -0.2) is 14.1 Å². The third-order valence-corrected chi connectivity index (χ3v) is 5.54. The lowest BCUT2D eigenvalue weighted by Gasteiger charge is -2.08. The molecule has 146 valence electrons. The molecule has 8 heteroatoms. The van der Waals surface area contributed by atoms with Crippen LogP contribution < -0.4 is 0 Å². The Morgan fingerprint density at radius 1 is 1.14 bits per heavy atom. The Morgan fingerprint density at radius 2 is 1.89 bits per heavy atom. The van der Waals surface area contributed by atoms with Crippen LogP contribution >= 0.6 is 15.9 Å². The van der Waals surface area contributed by atoms with Crippen molar-refractivity contribution in [3.8, 4) is 5.69 Å². The van der Waals surface area contributed by atoms with Crippen molar-refractivity contribution in [3.05, 3.63) is 75.0 Å². The number of rotatable bonds is 4. The molecule has 0 N–H and O–H groups in total. The average molecular weight is 454 g/mol. The fraction of sp³-hybridized carbons (Fsp3) is 0.300. The number of alkyl halides is 3. The molecule has 4 rings (SSSR count). The second-order valence-corrected chi connectivity index (χ2v) is 7.88. The second kappa shape index (κ2) is 6.99. The van der Waals surface area contributed by atoms with E-state index in [4.69, 9.17) is 0 Å². The predicted octanol–water partition coefficient (Wildman–Crippen LogP) is 5.96. The van der Waals surface area contributed by atoms with Gasteiger partial charge in [-0.3, -0.25) is 0 Å². The Kier molecular flexibility index (Phi) is 4.77. The zero-order valence-corrected chi connectivity index (χ0v) is 16.5. The summed E-state index contributed by atoms with van der Waals surface area (Å²) in [4.78, 5) is 4.55. The Labute approximate surface area is 167 Å². The zero-order chi connectivity index (χ0) is 20.1. The Balaban J connectivity index is 1.70. The quantitative estimate of drug-likeness (QED) is 0.456. The summed E-state index contributed by atoms with van der Waals surface area (Å²) in [6.45, 7) is 1.97. The molecule has 1 fully saturated rings. The van der Waals surface area contributed by atoms with Gasteiger partial charge < -0.3 is 0 Å². The number of aryl methyl sites for hydroxylation is 1. The third-order valence-electron chi connectivity index (χ3n) is 4.65. The molecular weight excluding hydrogens is 438 g/mol. The highest BCUT2D eigenvalue weighted by Gasteiger charge is 2.32. The van der Waals surface area contributed by atoms with E-state index in [0.717, 1.165) is 46.5 Å². The molecule has 0 aliphatic heterocycles. The van der Waals surface area contributed by atoms with Crippen LogP contribution in [0.3, 0.4) is 0 Å². The molecule has 2 aromatic carbocycles. The third kappa shape index (κ3) is 3.97. The van der Waals surface area contributed by atoms with E-state index in [1.807, 2.05) is 25.1 Å². The Morgan fingerprint density at radius 3 is 2.54 bits per heavy atom. The first-order valence-electron chi connectivity index (χ1n) is 8.80. The summed E-state index contributed by atoms with van der Waals surface area (Å²) in [5, 5.41) is 4.52. The summed E-state index contributed by atoms with van der Waals surface area (Å²) in [5.41, 5.74) is 1.07. The van der Waals surface area contributed by atoms with Crippen LogP contribution in [0.5, 0.6) is 0 Å². The minimum absolute atomic E-state index is 0.0308. The molecule has 0 radical (unpaired) electrons. The van der Waals surface area contributed by atoms with E-state index in [0.29, 0.717) is 17.8 Å². The van der Waals surface area contributed by atoms with Gasteiger partial charge in [0.1, 0.15) is 11.6 Å². The Hall–Kier alpha value is -2.22. The van der Waals surface area contributed by atoms with Gasteiger partial charge in [0.25, 0.3) is 0 Å². The van der Waals surface area contributed by atoms with E-state index >= 15 is 0 Å². The monoisotopic (exact) mass is 453 g/mol. The van der Waals surface area contributed by atoms with Gasteiger partial charge in [-0.2, -0.15) is 18.3 Å². The molecule has 1 heterocycles. The highest BCUT2D eigenvalue weighted by Crippen LogP contribution is 2.40. The van der Waals surface area contributed by atoms with Crippen molar-refractivity contribution >= 4 is 15.9 Å². The first kappa shape index (κ1) is 19.1. The molecule has 3 nitrogen and oxygen atoms in total. The summed E-state index contributed by atoms with van der Waals surface area (Å²) in [6.07, 6.45) is -2.56. The molecule has 1 aliphatic carbocycles. The normalized spacial score (nSPS) is 14.5. The smallest absolute Gasteiger partial charge is 0.217 e. The van der Waals surface area contributed by atoms with E-state index in [1.165, 1.54) is 0 Å². The molecular formula is C20H16BrF4N3. The standard InChI is InChI=1S/C20H16BrF4N3/c1-11-6-16(4-5-17(11)21)28-19(13-2-3-13)26-18(27-28)9-12-7-14(20(23,24)25)10-15(22)8-12/h4-8,10,13H,2-3,9H2,1H3. The minimum atomic E-state index is -4.60. The van der Waals surface area contributed by atoms with Crippen LogP contribution in [0.4, 0.5) is 17.6 Å². The van der Waals surface area contributed by atoms with E-state index in [9.17, 15) is 17.6 Å². The summed E-state index contributed by atoms with van der Waals surface area (Å²) in [7, 11) is 0. The SMILES string of the molecule is Cc1cc(-n2nc(Cc3cc(F)cc(C(F)(F)F)c3)nc2C2CC2)ccc1Br. The molecule has 3 aromatic rings. The van der Waals surface area contributed by atoms with Crippen LogP contribution in [0.1, 0.15) is 47.1 Å². The molecule has 0 amide bonds. The van der Waals surface area contributed by atoms with Gasteiger partial charge in [0, 0.05) is 16.8 Å². The van der Waals surface area contributed by atoms with Crippen molar-refractivity contribution in [2.45, 2.75) is 38.3 Å². The van der Waals surface area contributed by atoms with Crippen molar-refractivity contribution in [3.63, 3.8) is 0 Å². The zero-order valence-electron chi connectivity index (χ0n) is 14.9. The van der Waals surface area contributed by atoms with Crippen LogP contribution in [0.2, 0.25) is 0 Å². The molecule has 1 aliphatic rings. The van der Waals surface area contributed by atoms with Crippen LogP contribution in [0.25, 0.3) is 5.69 Å². The van der Waals surface area contributed by atoms with Gasteiger partial charge in [-0.1, -0.05) is 15.9 Å². The van der Waals surface area contributed by atoms with Gasteiger partial charge >= 0.3 is 6.18 Å². The fourth-order valence-corrected chi connectivity index (χ4v) is 3.35. The summed E-state index contributed by atoms with van der Waals surface area (Å²) < 4.78 is 55.3. The van der Waals surface area contributed by atoms with E-state index in [1.54, 1.807) is 4.68 Å². The van der Waals surface area contributed by atoms with Gasteiger partial charge in [-0.05, 0) is 67.3 Å². The summed E-state index contributed by atoms with van der Waals surface area (Å²) in [5.74, 6) is 0.545. The molecule has 1 saturated carbocycles. The first-order valence-corrected chi connectivity index (χ1v) is 9.59. The lowest BCUT2D eigenvalue weighted by molar-refractivity contribution is -0.137. The lowest BCUT2D eigenvalue weighted by Crippen LogP contribution is -2.07. The molecule has 0 atom stereocenters. The number of aromatic nitrogens is 3. The number of hydrogen-bond acceptors (Lipinski definition) is 2. The molecule has 0 saturated heterocycles. The largest absolute Gasteiger partial charge is 0.416 e. The summed E-state index contributed by atoms with van der Waals surface area (Å²) in [6, 6.07) is 8.34. The maximum Gasteiger partial charge on any atom is 0.416 e. The topological polar surface area (TPSA) is 30.7 Å². The predicted molar refractivity (Wildman–Crippen MR) is 100.0 cm³/mol. The van der Waals surface area contributed by atoms with E-state index < -0.39 is 17.6 Å². The van der Waals surface area contributed by atoms with Gasteiger partial charge in [0.2, 0.25) is 0 Å². The number of nitrogens with zero attached hydrogens (tertiary/aromatic N) is 3. The van der Waals surface area contributed by atoms with Crippen LogP contribution in [-0.2, 0) is 12.6 Å². The van der Waals surface area contributed by atoms with Crippen molar-refractivity contribution in [1.82, 2.24) is 14.8 Å². The molecule has 0 spiro atoms. The Bertz CT molecular complexity index is 1040. The van der Waals surface area contributed by atoms with Crippen molar-refractivity contribution in [2.24, 2.45) is 0 Å². The second-order valence-electron chi connectivity index (χ2n) is 7.03. The molecule has 0 bridgehead atoms. The molecule has 0 unspecified atom stereocenters. The molecule has 1 aromatic heterocycles. The fourth-order valence-electron chi connectivity index (χ4n) is 3.10. The van der Waals surface area contributed by atoms with E-state index in [-0.39, 0.29) is 12.0 Å². The van der Waals surface area contributed by atoms with Gasteiger partial charge in [0.05, 0.1) is 11.3 Å². The average Bonchev–Trinajstić information content (AvgIpc) is 3.37. The van der Waals surface area contributed by atoms with Crippen molar-refractivity contribution < 1.29 is 17.6 Å². The first-order chi connectivity index (χ1) is 13.2. The number of hydrogen-bond donors (Lipinski definition) is 0. The molecule has 28 heavy (non-hydrogen) atoms.